The first kappa shape index (κ1) is 17.2. The van der Waals surface area contributed by atoms with Crippen LogP contribution >= 0.6 is 11.3 Å². The number of thiazole rings is 1. The van der Waals surface area contributed by atoms with Crippen molar-refractivity contribution in [3.63, 3.8) is 0 Å². The van der Waals surface area contributed by atoms with Crippen LogP contribution in [0, 0.1) is 0 Å². The first-order chi connectivity index (χ1) is 12.7. The van der Waals surface area contributed by atoms with Gasteiger partial charge in [0.1, 0.15) is 11.0 Å². The Balaban J connectivity index is 1.60. The van der Waals surface area contributed by atoms with Crippen LogP contribution in [0.2, 0.25) is 0 Å². The van der Waals surface area contributed by atoms with E-state index in [1.54, 1.807) is 11.3 Å². The summed E-state index contributed by atoms with van der Waals surface area (Å²) in [6.45, 7) is 2.41. The zero-order valence-electron chi connectivity index (χ0n) is 15.0. The van der Waals surface area contributed by atoms with Crippen LogP contribution in [0.4, 0.5) is 0 Å². The van der Waals surface area contributed by atoms with Crippen LogP contribution in [0.1, 0.15) is 29.5 Å². The molecule has 0 N–H and O–H groups in total. The van der Waals surface area contributed by atoms with Gasteiger partial charge in [-0.15, -0.1) is 11.3 Å². The van der Waals surface area contributed by atoms with Gasteiger partial charge in [-0.1, -0.05) is 42.5 Å². The summed E-state index contributed by atoms with van der Waals surface area (Å²) in [4.78, 5) is 22.1. The van der Waals surface area contributed by atoms with E-state index in [2.05, 4.69) is 11.0 Å². The third kappa shape index (κ3) is 3.50. The minimum atomic E-state index is -0.263. The third-order valence-corrected chi connectivity index (χ3v) is 5.95. The molecular weight excluding hydrogens is 342 g/mol. The van der Waals surface area contributed by atoms with Gasteiger partial charge in [0.15, 0.2) is 0 Å². The van der Waals surface area contributed by atoms with Crippen molar-refractivity contribution in [3.8, 4) is 0 Å². The minimum absolute atomic E-state index is 0.206. The summed E-state index contributed by atoms with van der Waals surface area (Å²) in [5, 5.41) is 1.05. The zero-order chi connectivity index (χ0) is 17.9. The molecule has 2 aromatic carbocycles. The molecule has 4 rings (SSSR count). The number of benzene rings is 2. The van der Waals surface area contributed by atoms with Crippen LogP contribution in [0.3, 0.4) is 0 Å². The van der Waals surface area contributed by atoms with Gasteiger partial charge in [-0.05, 0) is 37.6 Å². The van der Waals surface area contributed by atoms with E-state index in [1.165, 1.54) is 4.70 Å². The fourth-order valence-corrected chi connectivity index (χ4v) is 4.65. The SMILES string of the molecule is CN(Cc1nc2ccccc2s1)[C@@H](C(=O)N1CCCC1)c1ccccc1. The molecule has 2 heterocycles. The first-order valence-electron chi connectivity index (χ1n) is 9.11. The Morgan fingerprint density at radius 3 is 2.54 bits per heavy atom. The Labute approximate surface area is 158 Å². The summed E-state index contributed by atoms with van der Waals surface area (Å²) in [6, 6.07) is 18.0. The quantitative estimate of drug-likeness (QED) is 0.683. The second-order valence-electron chi connectivity index (χ2n) is 6.84. The molecule has 0 radical (unpaired) electrons. The number of rotatable bonds is 5. The van der Waals surface area contributed by atoms with Crippen molar-refractivity contribution in [2.45, 2.75) is 25.4 Å². The lowest BCUT2D eigenvalue weighted by Crippen LogP contribution is -2.40. The van der Waals surface area contributed by atoms with Gasteiger partial charge in [-0.2, -0.15) is 0 Å². The van der Waals surface area contributed by atoms with E-state index in [0.29, 0.717) is 6.54 Å². The van der Waals surface area contributed by atoms with Gasteiger partial charge in [0.2, 0.25) is 5.91 Å². The van der Waals surface area contributed by atoms with E-state index in [4.69, 9.17) is 4.98 Å². The largest absolute Gasteiger partial charge is 0.341 e. The molecule has 1 saturated heterocycles. The average Bonchev–Trinajstić information content (AvgIpc) is 3.32. The number of aromatic nitrogens is 1. The Kier molecular flexibility index (Phi) is 5.00. The number of nitrogens with zero attached hydrogens (tertiary/aromatic N) is 3. The predicted molar refractivity (Wildman–Crippen MR) is 106 cm³/mol. The van der Waals surface area contributed by atoms with Crippen LogP contribution in [-0.2, 0) is 11.3 Å². The van der Waals surface area contributed by atoms with E-state index < -0.39 is 0 Å². The van der Waals surface area contributed by atoms with Crippen molar-refractivity contribution in [1.82, 2.24) is 14.8 Å². The van der Waals surface area contributed by atoms with Crippen LogP contribution in [-0.4, -0.2) is 40.8 Å². The van der Waals surface area contributed by atoms with Gasteiger partial charge < -0.3 is 4.90 Å². The van der Waals surface area contributed by atoms with Gasteiger partial charge in [-0.3, -0.25) is 9.69 Å². The highest BCUT2D eigenvalue weighted by atomic mass is 32.1. The molecule has 1 aromatic heterocycles. The molecule has 1 aliphatic heterocycles. The molecule has 26 heavy (non-hydrogen) atoms. The van der Waals surface area contributed by atoms with Crippen LogP contribution < -0.4 is 0 Å². The van der Waals surface area contributed by atoms with Crippen molar-refractivity contribution in [3.05, 3.63) is 65.2 Å². The Morgan fingerprint density at radius 2 is 1.81 bits per heavy atom. The average molecular weight is 366 g/mol. The predicted octanol–water partition coefficient (Wildman–Crippen LogP) is 4.09. The second kappa shape index (κ2) is 7.56. The van der Waals surface area contributed by atoms with Crippen molar-refractivity contribution in [1.29, 1.82) is 0 Å². The van der Waals surface area contributed by atoms with Gasteiger partial charge >= 0.3 is 0 Å². The number of para-hydroxylation sites is 1. The summed E-state index contributed by atoms with van der Waals surface area (Å²) < 4.78 is 1.19. The highest BCUT2D eigenvalue weighted by Gasteiger charge is 2.31. The number of likely N-dealkylation sites (N-methyl/N-ethyl adjacent to an activating group) is 1. The molecular formula is C21H23N3OS. The van der Waals surface area contributed by atoms with Gasteiger partial charge in [-0.25, -0.2) is 4.98 Å². The summed E-state index contributed by atoms with van der Waals surface area (Å²) >= 11 is 1.70. The number of likely N-dealkylation sites (tertiary alicyclic amines) is 1. The van der Waals surface area contributed by atoms with Crippen molar-refractivity contribution >= 4 is 27.5 Å². The van der Waals surface area contributed by atoms with Gasteiger partial charge in [0.05, 0.1) is 16.8 Å². The number of carbonyl (C=O) groups is 1. The molecule has 5 heteroatoms. The Hall–Kier alpha value is -2.24. The number of carbonyl (C=O) groups excluding carboxylic acids is 1. The molecule has 0 unspecified atom stereocenters. The summed E-state index contributed by atoms with van der Waals surface area (Å²) in [7, 11) is 2.03. The van der Waals surface area contributed by atoms with Crippen LogP contribution in [0.25, 0.3) is 10.2 Å². The maximum atomic E-state index is 13.2. The number of fused-ring (bicyclic) bond motifs is 1. The molecule has 134 valence electrons. The number of amides is 1. The normalized spacial score (nSPS) is 15.7. The van der Waals surface area contributed by atoms with E-state index in [9.17, 15) is 4.79 Å². The number of hydrogen-bond donors (Lipinski definition) is 0. The lowest BCUT2D eigenvalue weighted by molar-refractivity contribution is -0.136. The van der Waals surface area contributed by atoms with Crippen LogP contribution in [0.15, 0.2) is 54.6 Å². The van der Waals surface area contributed by atoms with Crippen molar-refractivity contribution in [2.75, 3.05) is 20.1 Å². The zero-order valence-corrected chi connectivity index (χ0v) is 15.8. The molecule has 0 aliphatic carbocycles. The van der Waals surface area contributed by atoms with Crippen LogP contribution in [0.5, 0.6) is 0 Å². The highest BCUT2D eigenvalue weighted by Crippen LogP contribution is 2.28. The van der Waals surface area contributed by atoms with E-state index in [1.807, 2.05) is 60.5 Å². The highest BCUT2D eigenvalue weighted by molar-refractivity contribution is 7.18. The molecule has 4 nitrogen and oxygen atoms in total. The van der Waals surface area contributed by atoms with E-state index in [0.717, 1.165) is 42.0 Å². The molecule has 1 atom stereocenters. The summed E-state index contributed by atoms with van der Waals surface area (Å²) in [5.74, 6) is 0.206. The van der Waals surface area contributed by atoms with Gasteiger partial charge in [0.25, 0.3) is 0 Å². The molecule has 0 spiro atoms. The standard InChI is InChI=1S/C21H23N3OS/c1-23(15-19-22-17-11-5-6-12-18(17)26-19)20(16-9-3-2-4-10-16)21(25)24-13-7-8-14-24/h2-6,9-12,20H,7-8,13-15H2,1H3/t20-/m1/s1. The van der Waals surface area contributed by atoms with Crippen molar-refractivity contribution in [2.24, 2.45) is 0 Å². The lowest BCUT2D eigenvalue weighted by atomic mass is 10.0. The van der Waals surface area contributed by atoms with Gasteiger partial charge in [0, 0.05) is 13.1 Å². The summed E-state index contributed by atoms with van der Waals surface area (Å²) in [5.41, 5.74) is 2.08. The first-order valence-corrected chi connectivity index (χ1v) is 9.92. The van der Waals surface area contributed by atoms with E-state index >= 15 is 0 Å². The molecule has 3 aromatic rings. The summed E-state index contributed by atoms with van der Waals surface area (Å²) in [6.07, 6.45) is 2.21. The van der Waals surface area contributed by atoms with Crippen molar-refractivity contribution < 1.29 is 4.79 Å². The Morgan fingerprint density at radius 1 is 1.12 bits per heavy atom. The fourth-order valence-electron chi connectivity index (χ4n) is 3.62. The molecule has 1 fully saturated rings. The third-order valence-electron chi connectivity index (χ3n) is 4.93. The second-order valence-corrected chi connectivity index (χ2v) is 7.95. The smallest absolute Gasteiger partial charge is 0.244 e. The maximum Gasteiger partial charge on any atom is 0.244 e. The molecule has 1 amide bonds. The monoisotopic (exact) mass is 365 g/mol. The van der Waals surface area contributed by atoms with E-state index in [-0.39, 0.29) is 11.9 Å². The fraction of sp³-hybridized carbons (Fsp3) is 0.333. The molecule has 1 aliphatic rings. The Bertz CT molecular complexity index is 853. The number of hydrogen-bond acceptors (Lipinski definition) is 4. The maximum absolute atomic E-state index is 13.2. The molecule has 0 bridgehead atoms. The minimum Gasteiger partial charge on any atom is -0.341 e. The topological polar surface area (TPSA) is 36.4 Å². The lowest BCUT2D eigenvalue weighted by Gasteiger charge is -2.30. The molecule has 0 saturated carbocycles.